The smallest absolute Gasteiger partial charge is 0.251 e. The van der Waals surface area contributed by atoms with Gasteiger partial charge >= 0.3 is 0 Å². The van der Waals surface area contributed by atoms with E-state index < -0.39 is 5.92 Å². The number of aryl methyl sites for hydroxylation is 1. The number of hydrogen-bond acceptors (Lipinski definition) is 2. The first-order valence-corrected chi connectivity index (χ1v) is 5.61. The minimum Gasteiger partial charge on any atom is -0.356 e. The molecule has 1 saturated heterocycles. The van der Waals surface area contributed by atoms with E-state index in [0.717, 1.165) is 11.4 Å². The van der Waals surface area contributed by atoms with Gasteiger partial charge in [0.25, 0.3) is 5.92 Å². The summed E-state index contributed by atoms with van der Waals surface area (Å²) in [4.78, 5) is 6.04. The molecule has 0 saturated carbocycles. The normalized spacial score (nSPS) is 19.9. The molecule has 88 valence electrons. The number of pyridine rings is 1. The first kappa shape index (κ1) is 11.6. The van der Waals surface area contributed by atoms with Crippen LogP contribution >= 0.6 is 11.6 Å². The Balaban J connectivity index is 2.11. The molecule has 2 heterocycles. The Labute approximate surface area is 98.2 Å². The molecule has 0 N–H and O–H groups in total. The highest BCUT2D eigenvalue weighted by molar-refractivity contribution is 6.31. The third kappa shape index (κ3) is 2.43. The van der Waals surface area contributed by atoms with Crippen molar-refractivity contribution >= 4 is 17.4 Å². The van der Waals surface area contributed by atoms with Crippen molar-refractivity contribution in [2.24, 2.45) is 0 Å². The Bertz CT molecular complexity index is 386. The van der Waals surface area contributed by atoms with Crippen LogP contribution in [0.1, 0.15) is 18.4 Å². The second kappa shape index (κ2) is 4.17. The van der Waals surface area contributed by atoms with Crippen LogP contribution in [0.4, 0.5) is 14.6 Å². The number of hydrogen-bond donors (Lipinski definition) is 0. The lowest BCUT2D eigenvalue weighted by atomic mass is 10.1. The van der Waals surface area contributed by atoms with Gasteiger partial charge in [-0.2, -0.15) is 0 Å². The van der Waals surface area contributed by atoms with Crippen molar-refractivity contribution in [3.05, 3.63) is 22.8 Å². The predicted molar refractivity (Wildman–Crippen MR) is 60.4 cm³/mol. The monoisotopic (exact) mass is 246 g/mol. The molecule has 2 rings (SSSR count). The molecule has 0 amide bonds. The van der Waals surface area contributed by atoms with Gasteiger partial charge in [-0.25, -0.2) is 13.8 Å². The van der Waals surface area contributed by atoms with Crippen LogP contribution in [0.2, 0.25) is 5.02 Å². The van der Waals surface area contributed by atoms with Crippen LogP contribution in [0.3, 0.4) is 0 Å². The zero-order valence-corrected chi connectivity index (χ0v) is 9.77. The van der Waals surface area contributed by atoms with Crippen molar-refractivity contribution < 1.29 is 8.78 Å². The van der Waals surface area contributed by atoms with E-state index in [1.165, 1.54) is 0 Å². The number of nitrogens with zero attached hydrogens (tertiary/aromatic N) is 2. The second-order valence-corrected chi connectivity index (χ2v) is 4.54. The average molecular weight is 247 g/mol. The molecule has 0 aliphatic carbocycles. The molecule has 0 aromatic carbocycles. The summed E-state index contributed by atoms with van der Waals surface area (Å²) in [5.41, 5.74) is 0.920. The lowest BCUT2D eigenvalue weighted by molar-refractivity contribution is -0.0221. The molecule has 2 nitrogen and oxygen atoms in total. The van der Waals surface area contributed by atoms with E-state index in [-0.39, 0.29) is 12.8 Å². The van der Waals surface area contributed by atoms with Gasteiger partial charge in [0.1, 0.15) is 5.82 Å². The summed E-state index contributed by atoms with van der Waals surface area (Å²) < 4.78 is 25.9. The van der Waals surface area contributed by atoms with E-state index in [2.05, 4.69) is 4.98 Å². The minimum absolute atomic E-state index is 0.101. The number of anilines is 1. The highest BCUT2D eigenvalue weighted by Gasteiger charge is 2.34. The van der Waals surface area contributed by atoms with Crippen molar-refractivity contribution in [1.82, 2.24) is 4.98 Å². The van der Waals surface area contributed by atoms with E-state index >= 15 is 0 Å². The van der Waals surface area contributed by atoms with E-state index in [0.29, 0.717) is 18.1 Å². The summed E-state index contributed by atoms with van der Waals surface area (Å²) in [7, 11) is 0. The Morgan fingerprint density at radius 1 is 1.38 bits per heavy atom. The van der Waals surface area contributed by atoms with Crippen molar-refractivity contribution in [2.45, 2.75) is 25.7 Å². The summed E-state index contributed by atoms with van der Waals surface area (Å²) >= 11 is 5.86. The summed E-state index contributed by atoms with van der Waals surface area (Å²) in [5.74, 6) is -1.78. The van der Waals surface area contributed by atoms with Crippen LogP contribution in [0, 0.1) is 6.92 Å². The fourth-order valence-corrected chi connectivity index (χ4v) is 1.86. The van der Waals surface area contributed by atoms with E-state index in [4.69, 9.17) is 11.6 Å². The molecule has 1 aromatic rings. The second-order valence-electron chi connectivity index (χ2n) is 4.13. The maximum Gasteiger partial charge on any atom is 0.251 e. The van der Waals surface area contributed by atoms with Gasteiger partial charge in [-0.1, -0.05) is 11.6 Å². The highest BCUT2D eigenvalue weighted by Crippen LogP contribution is 2.30. The lowest BCUT2D eigenvalue weighted by Crippen LogP contribution is -2.39. The number of halogens is 3. The van der Waals surface area contributed by atoms with Gasteiger partial charge in [-0.3, -0.25) is 0 Å². The third-order valence-electron chi connectivity index (χ3n) is 2.85. The van der Waals surface area contributed by atoms with Gasteiger partial charge in [0.05, 0.1) is 5.02 Å². The Kier molecular flexibility index (Phi) is 3.02. The van der Waals surface area contributed by atoms with Crippen LogP contribution in [0.15, 0.2) is 12.3 Å². The zero-order chi connectivity index (χ0) is 11.8. The topological polar surface area (TPSA) is 16.1 Å². The van der Waals surface area contributed by atoms with Crippen LogP contribution in [0.5, 0.6) is 0 Å². The van der Waals surface area contributed by atoms with Gasteiger partial charge < -0.3 is 4.90 Å². The van der Waals surface area contributed by atoms with E-state index in [1.807, 2.05) is 17.9 Å². The van der Waals surface area contributed by atoms with Crippen LogP contribution < -0.4 is 4.90 Å². The van der Waals surface area contributed by atoms with Crippen molar-refractivity contribution in [2.75, 3.05) is 18.0 Å². The van der Waals surface area contributed by atoms with Gasteiger partial charge in [0.15, 0.2) is 0 Å². The van der Waals surface area contributed by atoms with Gasteiger partial charge in [0, 0.05) is 32.1 Å². The quantitative estimate of drug-likeness (QED) is 0.756. The molecule has 1 aromatic heterocycles. The molecule has 0 unspecified atom stereocenters. The highest BCUT2D eigenvalue weighted by atomic mass is 35.5. The third-order valence-corrected chi connectivity index (χ3v) is 3.25. The zero-order valence-electron chi connectivity index (χ0n) is 9.01. The fraction of sp³-hybridized carbons (Fsp3) is 0.545. The summed E-state index contributed by atoms with van der Waals surface area (Å²) in [6, 6.07) is 1.84. The molecule has 5 heteroatoms. The molecular weight excluding hydrogens is 234 g/mol. The van der Waals surface area contributed by atoms with E-state index in [1.54, 1.807) is 6.20 Å². The molecule has 16 heavy (non-hydrogen) atoms. The summed E-state index contributed by atoms with van der Waals surface area (Å²) in [5, 5.41) is 0.603. The van der Waals surface area contributed by atoms with Crippen LogP contribution in [-0.4, -0.2) is 24.0 Å². The number of rotatable bonds is 1. The molecule has 1 aliphatic heterocycles. The summed E-state index contributed by atoms with van der Waals surface area (Å²) in [6.07, 6.45) is 1.37. The molecule has 0 bridgehead atoms. The molecule has 0 atom stereocenters. The Morgan fingerprint density at radius 3 is 2.56 bits per heavy atom. The Morgan fingerprint density at radius 2 is 2.00 bits per heavy atom. The van der Waals surface area contributed by atoms with Gasteiger partial charge in [0.2, 0.25) is 0 Å². The number of alkyl halides is 2. The van der Waals surface area contributed by atoms with Crippen molar-refractivity contribution in [1.29, 1.82) is 0 Å². The maximum atomic E-state index is 13.0. The average Bonchev–Trinajstić information content (AvgIpc) is 2.22. The Hall–Kier alpha value is -0.900. The van der Waals surface area contributed by atoms with Crippen molar-refractivity contribution in [3.63, 3.8) is 0 Å². The first-order chi connectivity index (χ1) is 7.48. The standard InChI is InChI=1S/C11H13ClF2N2/c1-8-6-10(15-7-9(8)12)16-4-2-11(13,14)3-5-16/h6-7H,2-5H2,1H3. The molecular formula is C11H13ClF2N2. The fourth-order valence-electron chi connectivity index (χ4n) is 1.76. The molecule has 1 fully saturated rings. The SMILES string of the molecule is Cc1cc(N2CCC(F)(F)CC2)ncc1Cl. The first-order valence-electron chi connectivity index (χ1n) is 5.23. The van der Waals surface area contributed by atoms with Crippen molar-refractivity contribution in [3.8, 4) is 0 Å². The molecule has 0 spiro atoms. The van der Waals surface area contributed by atoms with E-state index in [9.17, 15) is 8.78 Å². The number of piperidine rings is 1. The number of aromatic nitrogens is 1. The molecule has 1 aliphatic rings. The van der Waals surface area contributed by atoms with Crippen LogP contribution in [0.25, 0.3) is 0 Å². The van der Waals surface area contributed by atoms with Gasteiger partial charge in [-0.05, 0) is 18.6 Å². The largest absolute Gasteiger partial charge is 0.356 e. The summed E-state index contributed by atoms with van der Waals surface area (Å²) in [6.45, 7) is 2.58. The lowest BCUT2D eigenvalue weighted by Gasteiger charge is -2.32. The van der Waals surface area contributed by atoms with Gasteiger partial charge in [-0.15, -0.1) is 0 Å². The molecule has 0 radical (unpaired) electrons. The van der Waals surface area contributed by atoms with Crippen LogP contribution in [-0.2, 0) is 0 Å². The maximum absolute atomic E-state index is 13.0. The minimum atomic E-state index is -2.52. The predicted octanol–water partition coefficient (Wildman–Crippen LogP) is 3.28.